The lowest BCUT2D eigenvalue weighted by atomic mass is 10.3. The van der Waals surface area contributed by atoms with E-state index in [9.17, 15) is 0 Å². The van der Waals surface area contributed by atoms with Crippen molar-refractivity contribution in [3.8, 4) is 12.3 Å². The summed E-state index contributed by atoms with van der Waals surface area (Å²) in [5.74, 6) is 2.54. The number of aliphatic hydroxyl groups excluding tert-OH is 1. The maximum absolute atomic E-state index is 8.97. The van der Waals surface area contributed by atoms with Crippen LogP contribution in [0, 0.1) is 12.3 Å². The van der Waals surface area contributed by atoms with Crippen LogP contribution in [0.25, 0.3) is 0 Å². The molecule has 0 aliphatic heterocycles. The second kappa shape index (κ2) is 5.28. The number of aliphatic hydroxyl groups is 1. The van der Waals surface area contributed by atoms with E-state index in [4.69, 9.17) is 11.5 Å². The van der Waals surface area contributed by atoms with Crippen molar-refractivity contribution in [3.05, 3.63) is 0 Å². The van der Waals surface area contributed by atoms with Gasteiger partial charge in [0, 0.05) is 6.54 Å². The Balaban J connectivity index is 3.52. The van der Waals surface area contributed by atoms with E-state index in [0.717, 1.165) is 6.54 Å². The van der Waals surface area contributed by atoms with Gasteiger partial charge in [-0.05, 0) is 13.5 Å². The van der Waals surface area contributed by atoms with E-state index >= 15 is 0 Å². The molecule has 0 aliphatic carbocycles. The first-order chi connectivity index (χ1) is 4.70. The molecule has 0 amide bonds. The molecule has 0 aliphatic rings. The average Bonchev–Trinajstić information content (AvgIpc) is 1.86. The smallest absolute Gasteiger partial charge is 0.0639 e. The van der Waals surface area contributed by atoms with Crippen molar-refractivity contribution in [1.29, 1.82) is 0 Å². The van der Waals surface area contributed by atoms with Gasteiger partial charge in [-0.3, -0.25) is 4.90 Å². The van der Waals surface area contributed by atoms with Gasteiger partial charge in [0.25, 0.3) is 0 Å². The van der Waals surface area contributed by atoms with Crippen LogP contribution >= 0.6 is 0 Å². The minimum Gasteiger partial charge on any atom is -0.392 e. The Bertz CT molecular complexity index is 115. The number of likely N-dealkylation sites (N-methyl/N-ethyl adjacent to an activating group) is 1. The SMILES string of the molecule is C#CCN(CC)C[C@@H](C)O. The highest BCUT2D eigenvalue weighted by Crippen LogP contribution is 1.89. The molecule has 0 rings (SSSR count). The van der Waals surface area contributed by atoms with Gasteiger partial charge < -0.3 is 5.11 Å². The molecule has 0 saturated carbocycles. The number of nitrogens with zero attached hydrogens (tertiary/aromatic N) is 1. The van der Waals surface area contributed by atoms with E-state index in [0.29, 0.717) is 13.1 Å². The van der Waals surface area contributed by atoms with Gasteiger partial charge in [0.05, 0.1) is 12.6 Å². The molecule has 10 heavy (non-hydrogen) atoms. The van der Waals surface area contributed by atoms with Crippen LogP contribution in [0.5, 0.6) is 0 Å². The van der Waals surface area contributed by atoms with Crippen LogP contribution in [-0.2, 0) is 0 Å². The zero-order valence-corrected chi connectivity index (χ0v) is 6.67. The molecule has 2 nitrogen and oxygen atoms in total. The van der Waals surface area contributed by atoms with Crippen molar-refractivity contribution in [2.75, 3.05) is 19.6 Å². The summed E-state index contributed by atoms with van der Waals surface area (Å²) < 4.78 is 0. The maximum Gasteiger partial charge on any atom is 0.0639 e. The van der Waals surface area contributed by atoms with Crippen molar-refractivity contribution >= 4 is 0 Å². The molecule has 0 radical (unpaired) electrons. The van der Waals surface area contributed by atoms with E-state index in [1.807, 2.05) is 11.8 Å². The van der Waals surface area contributed by atoms with Crippen molar-refractivity contribution in [2.45, 2.75) is 20.0 Å². The summed E-state index contributed by atoms with van der Waals surface area (Å²) in [6, 6.07) is 0. The third-order valence-electron chi connectivity index (χ3n) is 1.28. The van der Waals surface area contributed by atoms with E-state index < -0.39 is 0 Å². The summed E-state index contributed by atoms with van der Waals surface area (Å²) in [6.07, 6.45) is 4.82. The molecular formula is C8H15NO. The zero-order chi connectivity index (χ0) is 7.98. The predicted molar refractivity (Wildman–Crippen MR) is 42.6 cm³/mol. The Labute approximate surface area is 62.8 Å². The standard InChI is InChI=1S/C8H15NO/c1-4-6-9(5-2)7-8(3)10/h1,8,10H,5-7H2,2-3H3/t8-/m1/s1. The molecule has 0 spiro atoms. The number of rotatable bonds is 4. The molecule has 0 fully saturated rings. The molecule has 0 aromatic carbocycles. The second-order valence-corrected chi connectivity index (χ2v) is 2.38. The summed E-state index contributed by atoms with van der Waals surface area (Å²) in [4.78, 5) is 2.02. The number of hydrogen-bond acceptors (Lipinski definition) is 2. The molecule has 58 valence electrons. The molecule has 0 aromatic rings. The largest absolute Gasteiger partial charge is 0.392 e. The first kappa shape index (κ1) is 9.48. The summed E-state index contributed by atoms with van der Waals surface area (Å²) in [7, 11) is 0. The fraction of sp³-hybridized carbons (Fsp3) is 0.750. The first-order valence-electron chi connectivity index (χ1n) is 3.54. The van der Waals surface area contributed by atoms with Gasteiger partial charge >= 0.3 is 0 Å². The first-order valence-corrected chi connectivity index (χ1v) is 3.54. The fourth-order valence-corrected chi connectivity index (χ4v) is 0.808. The van der Waals surface area contributed by atoms with Crippen molar-refractivity contribution in [3.63, 3.8) is 0 Å². The van der Waals surface area contributed by atoms with Gasteiger partial charge in [0.15, 0.2) is 0 Å². The Hall–Kier alpha value is -0.520. The van der Waals surface area contributed by atoms with E-state index in [2.05, 4.69) is 5.92 Å². The van der Waals surface area contributed by atoms with Gasteiger partial charge in [-0.1, -0.05) is 12.8 Å². The maximum atomic E-state index is 8.97. The van der Waals surface area contributed by atoms with Gasteiger partial charge in [-0.25, -0.2) is 0 Å². The Morgan fingerprint density at radius 2 is 2.30 bits per heavy atom. The number of terminal acetylenes is 1. The topological polar surface area (TPSA) is 23.5 Å². The molecule has 1 atom stereocenters. The normalized spacial score (nSPS) is 13.1. The molecule has 2 heteroatoms. The zero-order valence-electron chi connectivity index (χ0n) is 6.67. The van der Waals surface area contributed by atoms with Gasteiger partial charge in [-0.15, -0.1) is 6.42 Å². The summed E-state index contributed by atoms with van der Waals surface area (Å²) in [5, 5.41) is 8.97. The van der Waals surface area contributed by atoms with Crippen LogP contribution in [0.1, 0.15) is 13.8 Å². The van der Waals surface area contributed by atoms with E-state index in [1.165, 1.54) is 0 Å². The van der Waals surface area contributed by atoms with Crippen LogP contribution in [0.3, 0.4) is 0 Å². The predicted octanol–water partition coefficient (Wildman–Crippen LogP) is 0.322. The van der Waals surface area contributed by atoms with Crippen molar-refractivity contribution in [2.24, 2.45) is 0 Å². The van der Waals surface area contributed by atoms with Gasteiger partial charge in [0.1, 0.15) is 0 Å². The minimum absolute atomic E-state index is 0.284. The summed E-state index contributed by atoms with van der Waals surface area (Å²) in [6.45, 7) is 5.98. The lowest BCUT2D eigenvalue weighted by Gasteiger charge is -2.18. The quantitative estimate of drug-likeness (QED) is 0.570. The molecule has 0 saturated heterocycles. The Morgan fingerprint density at radius 3 is 2.60 bits per heavy atom. The molecule has 1 N–H and O–H groups in total. The highest BCUT2D eigenvalue weighted by molar-refractivity contribution is 4.88. The Kier molecular flexibility index (Phi) is 5.00. The second-order valence-electron chi connectivity index (χ2n) is 2.38. The van der Waals surface area contributed by atoms with E-state index in [1.54, 1.807) is 6.92 Å². The van der Waals surface area contributed by atoms with Gasteiger partial charge in [-0.2, -0.15) is 0 Å². The van der Waals surface area contributed by atoms with Crippen LogP contribution in [0.4, 0.5) is 0 Å². The molecule has 0 aromatic heterocycles. The Morgan fingerprint density at radius 1 is 1.70 bits per heavy atom. The fourth-order valence-electron chi connectivity index (χ4n) is 0.808. The highest BCUT2D eigenvalue weighted by atomic mass is 16.3. The molecule has 0 unspecified atom stereocenters. The number of hydrogen-bond donors (Lipinski definition) is 1. The molecule has 0 bridgehead atoms. The monoisotopic (exact) mass is 141 g/mol. The van der Waals surface area contributed by atoms with Crippen LogP contribution < -0.4 is 0 Å². The molecular weight excluding hydrogens is 126 g/mol. The molecule has 0 heterocycles. The third kappa shape index (κ3) is 4.37. The van der Waals surface area contributed by atoms with E-state index in [-0.39, 0.29) is 6.10 Å². The third-order valence-corrected chi connectivity index (χ3v) is 1.28. The average molecular weight is 141 g/mol. The van der Waals surface area contributed by atoms with Gasteiger partial charge in [0.2, 0.25) is 0 Å². The summed E-state index contributed by atoms with van der Waals surface area (Å²) in [5.41, 5.74) is 0. The lowest BCUT2D eigenvalue weighted by molar-refractivity contribution is 0.138. The van der Waals surface area contributed by atoms with Crippen LogP contribution in [0.15, 0.2) is 0 Å². The van der Waals surface area contributed by atoms with Crippen LogP contribution in [0.2, 0.25) is 0 Å². The van der Waals surface area contributed by atoms with Crippen molar-refractivity contribution in [1.82, 2.24) is 4.90 Å². The van der Waals surface area contributed by atoms with Crippen molar-refractivity contribution < 1.29 is 5.11 Å². The highest BCUT2D eigenvalue weighted by Gasteiger charge is 2.02. The summed E-state index contributed by atoms with van der Waals surface area (Å²) >= 11 is 0. The lowest BCUT2D eigenvalue weighted by Crippen LogP contribution is -2.31. The minimum atomic E-state index is -0.284. The van der Waals surface area contributed by atoms with Crippen LogP contribution in [-0.4, -0.2) is 35.7 Å².